The highest BCUT2D eigenvalue weighted by molar-refractivity contribution is 5.98. The molecule has 0 bridgehead atoms. The van der Waals surface area contributed by atoms with Crippen molar-refractivity contribution in [2.45, 2.75) is 25.8 Å². The third-order valence-electron chi connectivity index (χ3n) is 5.67. The molecule has 1 aromatic heterocycles. The van der Waals surface area contributed by atoms with Gasteiger partial charge in [0, 0.05) is 19.1 Å². The van der Waals surface area contributed by atoms with Gasteiger partial charge >= 0.3 is 0 Å². The Bertz CT molecular complexity index is 1030. The summed E-state index contributed by atoms with van der Waals surface area (Å²) < 4.78 is 13.6. The fraction of sp³-hybridized carbons (Fsp3) is 0.364. The van der Waals surface area contributed by atoms with Gasteiger partial charge in [0.1, 0.15) is 13.2 Å². The standard InChI is InChI=1S/C22H23N3O3/c1-15-5-6-18-19(13-15)25(14-23-18)16-7-9-24(10-8-16)22(26)17-3-2-4-20-21(17)28-12-11-27-20/h2-6,13-14,16H,7-12H2,1H3. The molecule has 1 amide bonds. The van der Waals surface area contributed by atoms with Crippen molar-refractivity contribution in [2.24, 2.45) is 0 Å². The van der Waals surface area contributed by atoms with Crippen molar-refractivity contribution in [3.63, 3.8) is 0 Å². The molecule has 0 radical (unpaired) electrons. The number of carbonyl (C=O) groups excluding carboxylic acids is 1. The Labute approximate surface area is 163 Å². The number of likely N-dealkylation sites (tertiary alicyclic amines) is 1. The fourth-order valence-electron chi connectivity index (χ4n) is 4.19. The minimum atomic E-state index is 0.0205. The molecule has 0 unspecified atom stereocenters. The summed E-state index contributed by atoms with van der Waals surface area (Å²) in [5.74, 6) is 1.26. The second kappa shape index (κ2) is 6.86. The molecule has 6 nitrogen and oxygen atoms in total. The van der Waals surface area contributed by atoms with Gasteiger partial charge in [-0.05, 0) is 49.6 Å². The summed E-state index contributed by atoms with van der Waals surface area (Å²) in [6, 6.07) is 12.2. The van der Waals surface area contributed by atoms with E-state index in [0.29, 0.717) is 36.3 Å². The van der Waals surface area contributed by atoms with Gasteiger partial charge in [-0.1, -0.05) is 12.1 Å². The molecule has 6 heteroatoms. The fourth-order valence-corrected chi connectivity index (χ4v) is 4.19. The summed E-state index contributed by atoms with van der Waals surface area (Å²) in [5.41, 5.74) is 4.03. The number of piperidine rings is 1. The second-order valence-electron chi connectivity index (χ2n) is 7.50. The number of fused-ring (bicyclic) bond motifs is 2. The van der Waals surface area contributed by atoms with Crippen LogP contribution in [0.4, 0.5) is 0 Å². The van der Waals surface area contributed by atoms with Crippen molar-refractivity contribution in [1.29, 1.82) is 0 Å². The molecule has 2 aliphatic heterocycles. The SMILES string of the molecule is Cc1ccc2ncn(C3CCN(C(=O)c4cccc5c4OCCO5)CC3)c2c1. The van der Waals surface area contributed by atoms with Crippen molar-refractivity contribution in [2.75, 3.05) is 26.3 Å². The van der Waals surface area contributed by atoms with Gasteiger partial charge in [0.15, 0.2) is 11.5 Å². The van der Waals surface area contributed by atoms with E-state index in [1.807, 2.05) is 29.4 Å². The molecule has 0 atom stereocenters. The maximum absolute atomic E-state index is 13.1. The molecule has 3 aromatic rings. The van der Waals surface area contributed by atoms with Crippen LogP contribution in [-0.4, -0.2) is 46.7 Å². The van der Waals surface area contributed by atoms with E-state index < -0.39 is 0 Å². The van der Waals surface area contributed by atoms with Crippen LogP contribution in [0.1, 0.15) is 34.8 Å². The number of aromatic nitrogens is 2. The number of benzene rings is 2. The number of ether oxygens (including phenoxy) is 2. The molecule has 2 aromatic carbocycles. The van der Waals surface area contributed by atoms with Crippen LogP contribution in [0.25, 0.3) is 11.0 Å². The number of imidazole rings is 1. The van der Waals surface area contributed by atoms with Crippen LogP contribution in [0.5, 0.6) is 11.5 Å². The first-order valence-electron chi connectivity index (χ1n) is 9.82. The van der Waals surface area contributed by atoms with Crippen LogP contribution in [0, 0.1) is 6.92 Å². The normalized spacial score (nSPS) is 17.1. The third kappa shape index (κ3) is 2.89. The lowest BCUT2D eigenvalue weighted by atomic mass is 10.0. The number of hydrogen-bond donors (Lipinski definition) is 0. The van der Waals surface area contributed by atoms with Crippen LogP contribution in [0.3, 0.4) is 0 Å². The molecular formula is C22H23N3O3. The van der Waals surface area contributed by atoms with Crippen molar-refractivity contribution in [3.8, 4) is 11.5 Å². The molecule has 1 saturated heterocycles. The Hall–Kier alpha value is -3.02. The summed E-state index contributed by atoms with van der Waals surface area (Å²) in [4.78, 5) is 19.6. The topological polar surface area (TPSA) is 56.6 Å². The van der Waals surface area contributed by atoms with E-state index in [9.17, 15) is 4.79 Å². The molecule has 1 fully saturated rings. The van der Waals surface area contributed by atoms with Gasteiger partial charge in [-0.25, -0.2) is 4.98 Å². The Morgan fingerprint density at radius 2 is 1.93 bits per heavy atom. The maximum atomic E-state index is 13.1. The number of rotatable bonds is 2. The molecule has 3 heterocycles. The lowest BCUT2D eigenvalue weighted by Gasteiger charge is -2.33. The summed E-state index contributed by atoms with van der Waals surface area (Å²) in [6.07, 6.45) is 3.76. The zero-order valence-electron chi connectivity index (χ0n) is 15.9. The lowest BCUT2D eigenvalue weighted by molar-refractivity contribution is 0.0686. The zero-order chi connectivity index (χ0) is 19.1. The molecule has 0 spiro atoms. The number of hydrogen-bond acceptors (Lipinski definition) is 4. The highest BCUT2D eigenvalue weighted by Crippen LogP contribution is 2.35. The molecule has 144 valence electrons. The van der Waals surface area contributed by atoms with Crippen LogP contribution < -0.4 is 9.47 Å². The number of para-hydroxylation sites is 1. The Kier molecular flexibility index (Phi) is 4.19. The number of carbonyl (C=O) groups is 1. The summed E-state index contributed by atoms with van der Waals surface area (Å²) >= 11 is 0. The monoisotopic (exact) mass is 377 g/mol. The molecule has 0 saturated carbocycles. The van der Waals surface area contributed by atoms with Gasteiger partial charge in [-0.2, -0.15) is 0 Å². The zero-order valence-corrected chi connectivity index (χ0v) is 15.9. The van der Waals surface area contributed by atoms with Crippen LogP contribution in [0.15, 0.2) is 42.7 Å². The van der Waals surface area contributed by atoms with Crippen molar-refractivity contribution in [3.05, 3.63) is 53.9 Å². The quantitative estimate of drug-likeness (QED) is 0.685. The highest BCUT2D eigenvalue weighted by atomic mass is 16.6. The Morgan fingerprint density at radius 3 is 2.79 bits per heavy atom. The first-order chi connectivity index (χ1) is 13.7. The first kappa shape index (κ1) is 17.1. The van der Waals surface area contributed by atoms with Gasteiger partial charge in [-0.15, -0.1) is 0 Å². The van der Waals surface area contributed by atoms with Crippen molar-refractivity contribution < 1.29 is 14.3 Å². The molecule has 0 N–H and O–H groups in total. The van der Waals surface area contributed by atoms with Gasteiger partial charge in [0.25, 0.3) is 5.91 Å². The number of nitrogens with zero attached hydrogens (tertiary/aromatic N) is 3. The van der Waals surface area contributed by atoms with Crippen LogP contribution >= 0.6 is 0 Å². The summed E-state index contributed by atoms with van der Waals surface area (Å²) in [6.45, 7) is 4.55. The minimum absolute atomic E-state index is 0.0205. The average molecular weight is 377 g/mol. The Morgan fingerprint density at radius 1 is 1.11 bits per heavy atom. The first-order valence-corrected chi connectivity index (χ1v) is 9.82. The van der Waals surface area contributed by atoms with Gasteiger partial charge in [0.2, 0.25) is 0 Å². The van der Waals surface area contributed by atoms with E-state index >= 15 is 0 Å². The highest BCUT2D eigenvalue weighted by Gasteiger charge is 2.28. The molecule has 2 aliphatic rings. The largest absolute Gasteiger partial charge is 0.486 e. The Balaban J connectivity index is 1.33. The smallest absolute Gasteiger partial charge is 0.257 e. The van der Waals surface area contributed by atoms with Crippen molar-refractivity contribution in [1.82, 2.24) is 14.5 Å². The maximum Gasteiger partial charge on any atom is 0.257 e. The van der Waals surface area contributed by atoms with E-state index in [2.05, 4.69) is 34.7 Å². The van der Waals surface area contributed by atoms with E-state index in [4.69, 9.17) is 9.47 Å². The summed E-state index contributed by atoms with van der Waals surface area (Å²) in [5, 5.41) is 0. The van der Waals surface area contributed by atoms with Gasteiger partial charge < -0.3 is 18.9 Å². The average Bonchev–Trinajstić information content (AvgIpc) is 3.16. The second-order valence-corrected chi connectivity index (χ2v) is 7.50. The molecule has 28 heavy (non-hydrogen) atoms. The van der Waals surface area contributed by atoms with Gasteiger partial charge in [0.05, 0.1) is 22.9 Å². The molecular weight excluding hydrogens is 354 g/mol. The lowest BCUT2D eigenvalue weighted by Crippen LogP contribution is -2.39. The third-order valence-corrected chi connectivity index (χ3v) is 5.67. The van der Waals surface area contributed by atoms with E-state index in [-0.39, 0.29) is 5.91 Å². The van der Waals surface area contributed by atoms with Crippen molar-refractivity contribution >= 4 is 16.9 Å². The van der Waals surface area contributed by atoms with E-state index in [1.54, 1.807) is 0 Å². The summed E-state index contributed by atoms with van der Waals surface area (Å²) in [7, 11) is 0. The van der Waals surface area contributed by atoms with Gasteiger partial charge in [-0.3, -0.25) is 4.79 Å². The number of aryl methyl sites for hydroxylation is 1. The van der Waals surface area contributed by atoms with E-state index in [1.165, 1.54) is 11.1 Å². The molecule has 0 aliphatic carbocycles. The van der Waals surface area contributed by atoms with Crippen LogP contribution in [-0.2, 0) is 0 Å². The molecule has 5 rings (SSSR count). The minimum Gasteiger partial charge on any atom is -0.486 e. The van der Waals surface area contributed by atoms with E-state index in [0.717, 1.165) is 31.4 Å². The van der Waals surface area contributed by atoms with Crippen LogP contribution in [0.2, 0.25) is 0 Å². The number of amides is 1. The predicted octanol–water partition coefficient (Wildman–Crippen LogP) is 3.59. The predicted molar refractivity (Wildman–Crippen MR) is 106 cm³/mol.